The highest BCUT2D eigenvalue weighted by atomic mass is 16.3. The molecule has 4 heterocycles. The van der Waals surface area contributed by atoms with Gasteiger partial charge in [-0.2, -0.15) is 0 Å². The topological polar surface area (TPSA) is 39.4 Å². The lowest BCUT2D eigenvalue weighted by Gasteiger charge is -2.01. The molecular weight excluding hydrogens is 372 g/mol. The zero-order chi connectivity index (χ0) is 19.7. The quantitative estimate of drug-likeness (QED) is 0.279. The van der Waals surface area contributed by atoms with E-state index in [0.29, 0.717) is 19.3 Å². The molecule has 0 saturated carbocycles. The summed E-state index contributed by atoms with van der Waals surface area (Å²) in [5.74, 6) is 2.84. The van der Waals surface area contributed by atoms with Crippen LogP contribution in [-0.4, -0.2) is 0 Å². The van der Waals surface area contributed by atoms with Crippen molar-refractivity contribution in [1.82, 2.24) is 0 Å². The monoisotopic (exact) mass is 390 g/mol. The highest BCUT2D eigenvalue weighted by molar-refractivity contribution is 5.85. The molecule has 0 spiro atoms. The fourth-order valence-electron chi connectivity index (χ4n) is 4.77. The molecule has 0 atom stereocenters. The summed E-state index contributed by atoms with van der Waals surface area (Å²) >= 11 is 0. The molecule has 0 radical (unpaired) electrons. The largest absolute Gasteiger partial charge is 0.460 e. The number of furan rings is 3. The van der Waals surface area contributed by atoms with Crippen LogP contribution in [0.15, 0.2) is 86.0 Å². The molecule has 0 amide bonds. The second-order valence-corrected chi connectivity index (χ2v) is 8.17. The van der Waals surface area contributed by atoms with Gasteiger partial charge in [-0.25, -0.2) is 0 Å². The number of hydrogen-bond acceptors (Lipinski definition) is 3. The van der Waals surface area contributed by atoms with Gasteiger partial charge in [-0.1, -0.05) is 54.6 Å². The third kappa shape index (κ3) is 2.38. The van der Waals surface area contributed by atoms with Gasteiger partial charge in [-0.15, -0.1) is 0 Å². The third-order valence-corrected chi connectivity index (χ3v) is 6.12. The van der Waals surface area contributed by atoms with Gasteiger partial charge in [0.05, 0.1) is 0 Å². The van der Waals surface area contributed by atoms with Crippen molar-refractivity contribution >= 4 is 32.9 Å². The SMILES string of the molecule is c1cc2c3oc(cc3c1)Cc1cccc3cc(oc13)Cc1cccc3cc(oc13)C2. The Bertz CT molecular complexity index is 1380. The molecule has 0 unspecified atom stereocenters. The Morgan fingerprint density at radius 3 is 1.10 bits per heavy atom. The third-order valence-electron chi connectivity index (χ3n) is 6.12. The summed E-state index contributed by atoms with van der Waals surface area (Å²) in [7, 11) is 0. The Hall–Kier alpha value is -3.72. The van der Waals surface area contributed by atoms with Gasteiger partial charge in [0.1, 0.15) is 34.0 Å². The van der Waals surface area contributed by atoms with Gasteiger partial charge in [0.25, 0.3) is 0 Å². The number of hydrogen-bond donors (Lipinski definition) is 0. The van der Waals surface area contributed by atoms with Gasteiger partial charge in [0.2, 0.25) is 0 Å². The number of fused-ring (bicyclic) bond motifs is 3. The minimum Gasteiger partial charge on any atom is -0.460 e. The summed E-state index contributed by atoms with van der Waals surface area (Å²) in [6.45, 7) is 0. The second kappa shape index (κ2) is 5.90. The van der Waals surface area contributed by atoms with E-state index in [-0.39, 0.29) is 0 Å². The highest BCUT2D eigenvalue weighted by Gasteiger charge is 2.17. The average Bonchev–Trinajstić information content (AvgIpc) is 3.44. The standard InChI is InChI=1S/C27H18O3/c1-4-16-10-22-14-20-8-3-6-18-12-24(30-27(18)20)15-21-9-2-5-17-11-23(29-26(17)21)13-19(7-1)25(16)28-22/h1-12H,13-15H2. The number of rotatable bonds is 0. The van der Waals surface area contributed by atoms with Crippen LogP contribution >= 0.6 is 0 Å². The Morgan fingerprint density at radius 1 is 0.433 bits per heavy atom. The lowest BCUT2D eigenvalue weighted by atomic mass is 10.0. The Morgan fingerprint density at radius 2 is 0.767 bits per heavy atom. The normalized spacial score (nSPS) is 13.6. The minimum absolute atomic E-state index is 0.707. The van der Waals surface area contributed by atoms with Gasteiger partial charge >= 0.3 is 0 Å². The molecule has 7 rings (SSSR count). The number of para-hydroxylation sites is 3. The summed E-state index contributed by atoms with van der Waals surface area (Å²) in [4.78, 5) is 0. The van der Waals surface area contributed by atoms with Gasteiger partial charge in [-0.3, -0.25) is 0 Å². The van der Waals surface area contributed by atoms with Crippen molar-refractivity contribution in [2.75, 3.05) is 0 Å². The lowest BCUT2D eigenvalue weighted by Crippen LogP contribution is -1.87. The maximum atomic E-state index is 6.33. The van der Waals surface area contributed by atoms with Crippen LogP contribution < -0.4 is 0 Å². The van der Waals surface area contributed by atoms with Gasteiger partial charge in [0.15, 0.2) is 0 Å². The molecule has 144 valence electrons. The van der Waals surface area contributed by atoms with Crippen LogP contribution in [0, 0.1) is 0 Å². The first-order valence-electron chi connectivity index (χ1n) is 10.3. The first kappa shape index (κ1) is 16.1. The van der Waals surface area contributed by atoms with Gasteiger partial charge in [-0.05, 0) is 18.2 Å². The highest BCUT2D eigenvalue weighted by Crippen LogP contribution is 2.33. The van der Waals surface area contributed by atoms with Crippen molar-refractivity contribution in [2.45, 2.75) is 19.3 Å². The lowest BCUT2D eigenvalue weighted by molar-refractivity contribution is 0.546. The molecule has 3 aromatic carbocycles. The Labute approximate surface area is 172 Å². The van der Waals surface area contributed by atoms with E-state index in [9.17, 15) is 0 Å². The first-order valence-corrected chi connectivity index (χ1v) is 10.3. The molecule has 0 fully saturated rings. The van der Waals surface area contributed by atoms with Crippen LogP contribution in [0.2, 0.25) is 0 Å². The molecule has 30 heavy (non-hydrogen) atoms. The van der Waals surface area contributed by atoms with Crippen molar-refractivity contribution in [3.63, 3.8) is 0 Å². The Kier molecular flexibility index (Phi) is 3.17. The predicted octanol–water partition coefficient (Wildman–Crippen LogP) is 7.01. The van der Waals surface area contributed by atoms with Crippen molar-refractivity contribution in [1.29, 1.82) is 0 Å². The van der Waals surface area contributed by atoms with Crippen molar-refractivity contribution < 1.29 is 13.3 Å². The van der Waals surface area contributed by atoms with Crippen LogP contribution in [0.4, 0.5) is 0 Å². The maximum Gasteiger partial charge on any atom is 0.137 e. The zero-order valence-electron chi connectivity index (χ0n) is 16.3. The molecule has 0 saturated heterocycles. The van der Waals surface area contributed by atoms with E-state index < -0.39 is 0 Å². The molecule has 6 aromatic rings. The molecule has 3 nitrogen and oxygen atoms in total. The molecule has 6 bridgehead atoms. The summed E-state index contributed by atoms with van der Waals surface area (Å²) in [6, 6.07) is 25.4. The van der Waals surface area contributed by atoms with Crippen LogP contribution in [0.5, 0.6) is 0 Å². The van der Waals surface area contributed by atoms with Crippen molar-refractivity contribution in [2.24, 2.45) is 0 Å². The fourth-order valence-corrected chi connectivity index (χ4v) is 4.77. The zero-order valence-corrected chi connectivity index (χ0v) is 16.3. The fraction of sp³-hybridized carbons (Fsp3) is 0.111. The van der Waals surface area contributed by atoms with E-state index in [0.717, 1.165) is 66.9 Å². The smallest absolute Gasteiger partial charge is 0.137 e. The van der Waals surface area contributed by atoms with Gasteiger partial charge in [0, 0.05) is 52.1 Å². The van der Waals surface area contributed by atoms with Crippen LogP contribution in [0.25, 0.3) is 32.9 Å². The Balaban J connectivity index is 1.54. The summed E-state index contributed by atoms with van der Waals surface area (Å²) in [5.41, 5.74) is 6.26. The molecule has 3 heteroatoms. The van der Waals surface area contributed by atoms with E-state index >= 15 is 0 Å². The summed E-state index contributed by atoms with van der Waals surface area (Å²) < 4.78 is 19.0. The van der Waals surface area contributed by atoms with Crippen LogP contribution in [0.1, 0.15) is 34.0 Å². The van der Waals surface area contributed by atoms with E-state index in [2.05, 4.69) is 72.8 Å². The first-order chi connectivity index (χ1) is 14.8. The molecule has 0 aliphatic carbocycles. The molecule has 1 aliphatic rings. The van der Waals surface area contributed by atoms with E-state index in [1.54, 1.807) is 0 Å². The summed E-state index contributed by atoms with van der Waals surface area (Å²) in [6.07, 6.45) is 2.12. The number of benzene rings is 3. The van der Waals surface area contributed by atoms with E-state index in [1.807, 2.05) is 0 Å². The molecule has 0 N–H and O–H groups in total. The summed E-state index contributed by atoms with van der Waals surface area (Å²) in [5, 5.41) is 3.37. The van der Waals surface area contributed by atoms with E-state index in [4.69, 9.17) is 13.3 Å². The molecule has 3 aromatic heterocycles. The average molecular weight is 390 g/mol. The van der Waals surface area contributed by atoms with Crippen LogP contribution in [-0.2, 0) is 19.3 Å². The minimum atomic E-state index is 0.707. The van der Waals surface area contributed by atoms with Crippen LogP contribution in [0.3, 0.4) is 0 Å². The second-order valence-electron chi connectivity index (χ2n) is 8.17. The molecular formula is C27H18O3. The van der Waals surface area contributed by atoms with Gasteiger partial charge < -0.3 is 13.3 Å². The maximum absolute atomic E-state index is 6.33. The van der Waals surface area contributed by atoms with Crippen molar-refractivity contribution in [3.8, 4) is 0 Å². The van der Waals surface area contributed by atoms with Crippen molar-refractivity contribution in [3.05, 3.63) is 107 Å². The predicted molar refractivity (Wildman–Crippen MR) is 117 cm³/mol. The van der Waals surface area contributed by atoms with E-state index in [1.165, 1.54) is 0 Å². The molecule has 1 aliphatic heterocycles.